The quantitative estimate of drug-likeness (QED) is 0.568. The Balaban J connectivity index is 1.81. The summed E-state index contributed by atoms with van der Waals surface area (Å²) in [6.45, 7) is 13.3. The lowest BCUT2D eigenvalue weighted by Crippen LogP contribution is -2.50. The summed E-state index contributed by atoms with van der Waals surface area (Å²) in [6.07, 6.45) is -3.99. The molecule has 1 aromatic carbocycles. The summed E-state index contributed by atoms with van der Waals surface area (Å²) in [7, 11) is 0. The molecule has 3 rings (SSSR count). The van der Waals surface area contributed by atoms with Crippen molar-refractivity contribution in [1.29, 1.82) is 0 Å². The molecule has 2 N–H and O–H groups in total. The average molecular weight is 526 g/mol. The maximum absolute atomic E-state index is 13.4. The van der Waals surface area contributed by atoms with E-state index in [0.717, 1.165) is 10.4 Å². The van der Waals surface area contributed by atoms with Crippen LogP contribution in [0, 0.1) is 5.41 Å². The number of halogens is 3. The number of carbonyl (C=O) groups excluding carboxylic acids is 2. The molecule has 0 aliphatic carbocycles. The molecule has 0 radical (unpaired) electrons. The number of aromatic nitrogens is 2. The number of carbonyl (C=O) groups is 2. The van der Waals surface area contributed by atoms with Gasteiger partial charge in [-0.3, -0.25) is 4.79 Å². The minimum atomic E-state index is -4.97. The Labute approximate surface area is 215 Å². The van der Waals surface area contributed by atoms with Gasteiger partial charge in [0.25, 0.3) is 0 Å². The number of benzene rings is 1. The summed E-state index contributed by atoms with van der Waals surface area (Å²) in [5.74, 6) is -1.56. The standard InChI is InChI=1S/C26H38F3N5O3/c1-16(24(2,3)4)33(21(35)26(27,28)29)15-17-8-9-20-19(14-17)31-22(30)34(20)18-10-12-32(13-11-18)23(36)37-25(5,6)7/h8-9,14,16,18H,10-13,15H2,1-7H3,(H2,30,31)/t16-/m0/s1. The number of nitrogens with two attached hydrogens (primary N) is 1. The van der Waals surface area contributed by atoms with E-state index in [-0.39, 0.29) is 18.7 Å². The number of likely N-dealkylation sites (tertiary alicyclic amines) is 1. The average Bonchev–Trinajstić information content (AvgIpc) is 3.09. The minimum Gasteiger partial charge on any atom is -0.444 e. The number of rotatable bonds is 4. The Hall–Kier alpha value is -2.98. The van der Waals surface area contributed by atoms with Gasteiger partial charge in [-0.2, -0.15) is 13.2 Å². The lowest BCUT2D eigenvalue weighted by molar-refractivity contribution is -0.190. The van der Waals surface area contributed by atoms with Crippen LogP contribution in [0.25, 0.3) is 11.0 Å². The van der Waals surface area contributed by atoms with Crippen LogP contribution in [0.15, 0.2) is 18.2 Å². The minimum absolute atomic E-state index is 0.0127. The van der Waals surface area contributed by atoms with Gasteiger partial charge in [0.2, 0.25) is 5.95 Å². The molecule has 1 fully saturated rings. The van der Waals surface area contributed by atoms with Gasteiger partial charge in [-0.15, -0.1) is 0 Å². The van der Waals surface area contributed by atoms with Crippen LogP contribution in [0.5, 0.6) is 0 Å². The second kappa shape index (κ2) is 10.1. The van der Waals surface area contributed by atoms with Gasteiger partial charge in [0.15, 0.2) is 0 Å². The van der Waals surface area contributed by atoms with Gasteiger partial charge in [0, 0.05) is 31.7 Å². The van der Waals surface area contributed by atoms with Crippen LogP contribution in [-0.2, 0) is 16.1 Å². The molecule has 8 nitrogen and oxygen atoms in total. The first-order valence-corrected chi connectivity index (χ1v) is 12.5. The first-order chi connectivity index (χ1) is 16.9. The van der Waals surface area contributed by atoms with E-state index < -0.39 is 29.1 Å². The number of nitrogens with zero attached hydrogens (tertiary/aromatic N) is 4. The van der Waals surface area contributed by atoms with E-state index in [0.29, 0.717) is 43.0 Å². The Morgan fingerprint density at radius 2 is 1.73 bits per heavy atom. The van der Waals surface area contributed by atoms with Crippen LogP contribution in [0.3, 0.4) is 0 Å². The number of anilines is 1. The fraction of sp³-hybridized carbons (Fsp3) is 0.654. The first kappa shape index (κ1) is 28.6. The third-order valence-corrected chi connectivity index (χ3v) is 6.84. The second-order valence-corrected chi connectivity index (χ2v) is 11.8. The summed E-state index contributed by atoms with van der Waals surface area (Å²) in [5, 5.41) is 0. The van der Waals surface area contributed by atoms with E-state index in [2.05, 4.69) is 4.98 Å². The summed E-state index contributed by atoms with van der Waals surface area (Å²) >= 11 is 0. The number of fused-ring (bicyclic) bond motifs is 1. The predicted molar refractivity (Wildman–Crippen MR) is 136 cm³/mol. The number of hydrogen-bond acceptors (Lipinski definition) is 5. The molecule has 2 heterocycles. The maximum atomic E-state index is 13.4. The van der Waals surface area contributed by atoms with Crippen LogP contribution in [0.2, 0.25) is 0 Å². The Morgan fingerprint density at radius 3 is 2.24 bits per heavy atom. The van der Waals surface area contributed by atoms with Crippen molar-refractivity contribution in [1.82, 2.24) is 19.4 Å². The lowest BCUT2D eigenvalue weighted by Gasteiger charge is -2.38. The van der Waals surface area contributed by atoms with E-state index in [1.54, 1.807) is 50.8 Å². The molecular weight excluding hydrogens is 487 g/mol. The fourth-order valence-electron chi connectivity index (χ4n) is 4.49. The number of amides is 2. The molecule has 1 saturated heterocycles. The van der Waals surface area contributed by atoms with Crippen molar-refractivity contribution in [3.8, 4) is 0 Å². The summed E-state index contributed by atoms with van der Waals surface area (Å²) in [4.78, 5) is 31.7. The maximum Gasteiger partial charge on any atom is 0.471 e. The highest BCUT2D eigenvalue weighted by Crippen LogP contribution is 2.33. The smallest absolute Gasteiger partial charge is 0.444 e. The number of ether oxygens (including phenoxy) is 1. The molecule has 0 spiro atoms. The van der Waals surface area contributed by atoms with Crippen LogP contribution in [0.1, 0.15) is 72.9 Å². The van der Waals surface area contributed by atoms with Crippen molar-refractivity contribution < 1.29 is 27.5 Å². The molecule has 1 aliphatic rings. The molecule has 11 heteroatoms. The third kappa shape index (κ3) is 6.67. The summed E-state index contributed by atoms with van der Waals surface area (Å²) in [6, 6.07) is 4.53. The van der Waals surface area contributed by atoms with Gasteiger partial charge in [0.05, 0.1) is 11.0 Å². The van der Waals surface area contributed by atoms with Crippen molar-refractivity contribution in [2.75, 3.05) is 18.8 Å². The molecule has 0 bridgehead atoms. The van der Waals surface area contributed by atoms with Crippen LogP contribution >= 0.6 is 0 Å². The first-order valence-electron chi connectivity index (χ1n) is 12.5. The van der Waals surface area contributed by atoms with Gasteiger partial charge in [0.1, 0.15) is 5.60 Å². The topological polar surface area (TPSA) is 93.7 Å². The lowest BCUT2D eigenvalue weighted by atomic mass is 9.86. The van der Waals surface area contributed by atoms with Crippen molar-refractivity contribution in [2.24, 2.45) is 5.41 Å². The number of hydrogen-bond donors (Lipinski definition) is 1. The Morgan fingerprint density at radius 1 is 1.14 bits per heavy atom. The highest BCUT2D eigenvalue weighted by molar-refractivity contribution is 5.83. The molecule has 1 aliphatic heterocycles. The Bertz CT molecular complexity index is 1140. The third-order valence-electron chi connectivity index (χ3n) is 6.84. The van der Waals surface area contributed by atoms with Gasteiger partial charge in [-0.05, 0) is 63.6 Å². The highest BCUT2D eigenvalue weighted by atomic mass is 19.4. The van der Waals surface area contributed by atoms with Crippen LogP contribution < -0.4 is 5.73 Å². The molecule has 37 heavy (non-hydrogen) atoms. The Kier molecular flexibility index (Phi) is 7.77. The number of imidazole rings is 1. The molecule has 0 unspecified atom stereocenters. The SMILES string of the molecule is C[C@H](N(Cc1ccc2c(c1)nc(N)n2C1CCN(C(=O)OC(C)(C)C)CC1)C(=O)C(F)(F)F)C(C)(C)C. The molecule has 0 saturated carbocycles. The van der Waals surface area contributed by atoms with E-state index in [9.17, 15) is 22.8 Å². The molecule has 2 amide bonds. The fourth-order valence-corrected chi connectivity index (χ4v) is 4.49. The molecular formula is C26H38F3N5O3. The molecule has 2 aromatic rings. The zero-order valence-corrected chi connectivity index (χ0v) is 22.6. The van der Waals surface area contributed by atoms with E-state index >= 15 is 0 Å². The zero-order valence-electron chi connectivity index (χ0n) is 22.6. The van der Waals surface area contributed by atoms with Gasteiger partial charge < -0.3 is 24.8 Å². The number of alkyl halides is 3. The van der Waals surface area contributed by atoms with E-state index in [1.807, 2.05) is 25.3 Å². The monoisotopic (exact) mass is 525 g/mol. The normalized spacial score (nSPS) is 16.6. The zero-order chi connectivity index (χ0) is 27.9. The van der Waals surface area contributed by atoms with Crippen molar-refractivity contribution in [2.45, 2.75) is 91.7 Å². The largest absolute Gasteiger partial charge is 0.471 e. The molecule has 206 valence electrons. The van der Waals surface area contributed by atoms with Crippen molar-refractivity contribution in [3.05, 3.63) is 23.8 Å². The highest BCUT2D eigenvalue weighted by Gasteiger charge is 2.45. The second-order valence-electron chi connectivity index (χ2n) is 11.8. The summed E-state index contributed by atoms with van der Waals surface area (Å²) in [5.41, 5.74) is 6.98. The van der Waals surface area contributed by atoms with Gasteiger partial charge in [-0.1, -0.05) is 26.8 Å². The number of piperidine rings is 1. The predicted octanol–water partition coefficient (Wildman–Crippen LogP) is 5.52. The number of nitrogen functional groups attached to an aromatic ring is 1. The van der Waals surface area contributed by atoms with Gasteiger partial charge >= 0.3 is 18.2 Å². The summed E-state index contributed by atoms with van der Waals surface area (Å²) < 4.78 is 47.5. The van der Waals surface area contributed by atoms with Crippen molar-refractivity contribution in [3.63, 3.8) is 0 Å². The van der Waals surface area contributed by atoms with Crippen LogP contribution in [-0.4, -0.2) is 62.3 Å². The molecule has 1 atom stereocenters. The van der Waals surface area contributed by atoms with Gasteiger partial charge in [-0.25, -0.2) is 9.78 Å². The van der Waals surface area contributed by atoms with Crippen LogP contribution in [0.4, 0.5) is 23.9 Å². The molecule has 1 aromatic heterocycles. The van der Waals surface area contributed by atoms with E-state index in [4.69, 9.17) is 10.5 Å². The van der Waals surface area contributed by atoms with E-state index in [1.165, 1.54) is 0 Å². The van der Waals surface area contributed by atoms with Crippen molar-refractivity contribution >= 4 is 29.0 Å².